The van der Waals surface area contributed by atoms with Gasteiger partial charge in [-0.05, 0) is 42.6 Å². The maximum Gasteiger partial charge on any atom is 0.281 e. The molecule has 0 bridgehead atoms. The first-order valence-corrected chi connectivity index (χ1v) is 7.71. The molecule has 1 heterocycles. The van der Waals surface area contributed by atoms with E-state index in [2.05, 4.69) is 5.32 Å². The zero-order chi connectivity index (χ0) is 16.6. The van der Waals surface area contributed by atoms with Crippen LogP contribution in [0.1, 0.15) is 5.56 Å². The molecule has 1 aliphatic heterocycles. The van der Waals surface area contributed by atoms with E-state index in [1.807, 2.05) is 0 Å². The SMILES string of the molecule is O=C1/C(=C/c2c(Cl)cccc2Cl)NC(=S)N1c1ccccc1F. The number of hydrogen-bond donors (Lipinski definition) is 1. The third-order valence-corrected chi connectivity index (χ3v) is 4.20. The molecule has 1 N–H and O–H groups in total. The van der Waals surface area contributed by atoms with Crippen LogP contribution in [0.15, 0.2) is 48.2 Å². The van der Waals surface area contributed by atoms with E-state index in [0.29, 0.717) is 15.6 Å². The lowest BCUT2D eigenvalue weighted by Crippen LogP contribution is -2.31. The monoisotopic (exact) mass is 366 g/mol. The smallest absolute Gasteiger partial charge is 0.281 e. The summed E-state index contributed by atoms with van der Waals surface area (Å²) in [5.41, 5.74) is 0.752. The van der Waals surface area contributed by atoms with Gasteiger partial charge in [-0.15, -0.1) is 0 Å². The van der Waals surface area contributed by atoms with Crippen LogP contribution in [0.2, 0.25) is 10.0 Å². The zero-order valence-electron chi connectivity index (χ0n) is 11.5. The maximum atomic E-state index is 13.9. The van der Waals surface area contributed by atoms with Gasteiger partial charge in [0.15, 0.2) is 5.11 Å². The molecule has 1 amide bonds. The Morgan fingerprint density at radius 3 is 2.39 bits per heavy atom. The van der Waals surface area contributed by atoms with E-state index in [1.165, 1.54) is 24.3 Å². The molecule has 0 atom stereocenters. The van der Waals surface area contributed by atoms with Gasteiger partial charge in [-0.2, -0.15) is 0 Å². The summed E-state index contributed by atoms with van der Waals surface area (Å²) in [6, 6.07) is 10.9. The van der Waals surface area contributed by atoms with E-state index >= 15 is 0 Å². The highest BCUT2D eigenvalue weighted by atomic mass is 35.5. The van der Waals surface area contributed by atoms with E-state index in [1.54, 1.807) is 24.3 Å². The van der Waals surface area contributed by atoms with Crippen LogP contribution in [-0.4, -0.2) is 11.0 Å². The second-order valence-corrected chi connectivity index (χ2v) is 5.92. The van der Waals surface area contributed by atoms with Crippen molar-refractivity contribution in [3.8, 4) is 0 Å². The van der Waals surface area contributed by atoms with Crippen LogP contribution in [0.4, 0.5) is 10.1 Å². The van der Waals surface area contributed by atoms with Crippen molar-refractivity contribution in [1.82, 2.24) is 5.32 Å². The molecular weight excluding hydrogens is 358 g/mol. The lowest BCUT2D eigenvalue weighted by Gasteiger charge is -2.14. The van der Waals surface area contributed by atoms with Crippen LogP contribution in [0.3, 0.4) is 0 Å². The van der Waals surface area contributed by atoms with Gasteiger partial charge in [-0.1, -0.05) is 41.4 Å². The maximum absolute atomic E-state index is 13.9. The minimum absolute atomic E-state index is 0.0867. The number of para-hydroxylation sites is 1. The summed E-state index contributed by atoms with van der Waals surface area (Å²) >= 11 is 17.3. The normalized spacial score (nSPS) is 16.1. The highest BCUT2D eigenvalue weighted by molar-refractivity contribution is 7.80. The highest BCUT2D eigenvalue weighted by Crippen LogP contribution is 2.29. The van der Waals surface area contributed by atoms with Gasteiger partial charge in [0.1, 0.15) is 11.5 Å². The van der Waals surface area contributed by atoms with Gasteiger partial charge >= 0.3 is 0 Å². The molecule has 0 saturated carbocycles. The van der Waals surface area contributed by atoms with E-state index in [0.717, 1.165) is 4.90 Å². The van der Waals surface area contributed by atoms with Gasteiger partial charge in [0.05, 0.1) is 5.69 Å². The van der Waals surface area contributed by atoms with Crippen molar-refractivity contribution in [2.75, 3.05) is 4.90 Å². The quantitative estimate of drug-likeness (QED) is 0.631. The Morgan fingerprint density at radius 1 is 1.09 bits per heavy atom. The topological polar surface area (TPSA) is 32.3 Å². The van der Waals surface area contributed by atoms with Crippen molar-refractivity contribution < 1.29 is 9.18 Å². The van der Waals surface area contributed by atoms with Gasteiger partial charge in [0, 0.05) is 15.6 Å². The Balaban J connectivity index is 2.02. The molecule has 0 radical (unpaired) electrons. The van der Waals surface area contributed by atoms with Crippen LogP contribution in [0.25, 0.3) is 6.08 Å². The largest absolute Gasteiger partial charge is 0.327 e. The number of amides is 1. The number of hydrogen-bond acceptors (Lipinski definition) is 2. The van der Waals surface area contributed by atoms with Crippen molar-refractivity contribution in [1.29, 1.82) is 0 Å². The Kier molecular flexibility index (Phi) is 4.35. The van der Waals surface area contributed by atoms with Crippen LogP contribution in [0, 0.1) is 5.82 Å². The summed E-state index contributed by atoms with van der Waals surface area (Å²) in [6.45, 7) is 0. The predicted molar refractivity (Wildman–Crippen MR) is 94.1 cm³/mol. The van der Waals surface area contributed by atoms with E-state index in [9.17, 15) is 9.18 Å². The lowest BCUT2D eigenvalue weighted by molar-refractivity contribution is -0.113. The van der Waals surface area contributed by atoms with Gasteiger partial charge in [-0.25, -0.2) is 9.29 Å². The molecule has 1 saturated heterocycles. The third kappa shape index (κ3) is 2.95. The number of rotatable bonds is 2. The fourth-order valence-electron chi connectivity index (χ4n) is 2.18. The number of carbonyl (C=O) groups is 1. The zero-order valence-corrected chi connectivity index (χ0v) is 13.8. The first-order valence-electron chi connectivity index (χ1n) is 6.54. The second kappa shape index (κ2) is 6.28. The molecule has 1 aliphatic rings. The van der Waals surface area contributed by atoms with E-state index < -0.39 is 11.7 Å². The van der Waals surface area contributed by atoms with Gasteiger partial charge < -0.3 is 5.32 Å². The fourth-order valence-corrected chi connectivity index (χ4v) is 2.98. The molecule has 0 aliphatic carbocycles. The first kappa shape index (κ1) is 15.9. The molecule has 1 fully saturated rings. The molecular formula is C16H9Cl2FN2OS. The number of benzene rings is 2. The minimum Gasteiger partial charge on any atom is -0.327 e. The van der Waals surface area contributed by atoms with Gasteiger partial charge in [0.2, 0.25) is 0 Å². The Hall–Kier alpha value is -1.95. The summed E-state index contributed by atoms with van der Waals surface area (Å²) in [5, 5.41) is 3.66. The van der Waals surface area contributed by atoms with Crippen molar-refractivity contribution in [3.63, 3.8) is 0 Å². The number of nitrogens with zero attached hydrogens (tertiary/aromatic N) is 1. The molecule has 0 unspecified atom stereocenters. The van der Waals surface area contributed by atoms with Gasteiger partial charge in [0.25, 0.3) is 5.91 Å². The summed E-state index contributed by atoms with van der Waals surface area (Å²) in [5.74, 6) is -1.02. The fraction of sp³-hybridized carbons (Fsp3) is 0. The number of nitrogens with one attached hydrogen (secondary N) is 1. The van der Waals surface area contributed by atoms with E-state index in [4.69, 9.17) is 35.4 Å². The number of anilines is 1. The summed E-state index contributed by atoms with van der Waals surface area (Å²) in [7, 11) is 0. The summed E-state index contributed by atoms with van der Waals surface area (Å²) in [6.07, 6.45) is 1.50. The number of thiocarbonyl (C=S) groups is 1. The van der Waals surface area contributed by atoms with Crippen LogP contribution in [0.5, 0.6) is 0 Å². The Morgan fingerprint density at radius 2 is 1.74 bits per heavy atom. The predicted octanol–water partition coefficient (Wildman–Crippen LogP) is 4.39. The third-order valence-electron chi connectivity index (χ3n) is 3.26. The standard InChI is InChI=1S/C16H9Cl2FN2OS/c17-10-4-3-5-11(18)9(10)8-13-15(22)21(16(23)20-13)14-7-2-1-6-12(14)19/h1-8H,(H,20,23)/b13-8-. The van der Waals surface area contributed by atoms with Crippen molar-refractivity contribution in [2.45, 2.75) is 0 Å². The van der Waals surface area contributed by atoms with Crippen molar-refractivity contribution >= 4 is 58.2 Å². The number of carbonyl (C=O) groups excluding carboxylic acids is 1. The van der Waals surface area contributed by atoms with Crippen LogP contribution < -0.4 is 10.2 Å². The average Bonchev–Trinajstić information content (AvgIpc) is 2.78. The molecule has 23 heavy (non-hydrogen) atoms. The first-order chi connectivity index (χ1) is 11.0. The molecule has 2 aromatic carbocycles. The van der Waals surface area contributed by atoms with Gasteiger partial charge in [-0.3, -0.25) is 4.79 Å². The molecule has 3 nitrogen and oxygen atoms in total. The van der Waals surface area contributed by atoms with E-state index in [-0.39, 0.29) is 16.5 Å². The number of halogens is 3. The van der Waals surface area contributed by atoms with Crippen LogP contribution in [-0.2, 0) is 4.79 Å². The molecule has 0 aromatic heterocycles. The Labute approximate surface area is 147 Å². The molecule has 3 rings (SSSR count). The minimum atomic E-state index is -0.540. The van der Waals surface area contributed by atoms with Crippen molar-refractivity contribution in [3.05, 3.63) is 69.6 Å². The average molecular weight is 367 g/mol. The summed E-state index contributed by atoms with van der Waals surface area (Å²) in [4.78, 5) is 13.6. The lowest BCUT2D eigenvalue weighted by atomic mass is 10.2. The van der Waals surface area contributed by atoms with Crippen LogP contribution >= 0.6 is 35.4 Å². The Bertz CT molecular complexity index is 833. The molecule has 116 valence electrons. The molecule has 7 heteroatoms. The molecule has 0 spiro atoms. The second-order valence-electron chi connectivity index (χ2n) is 4.72. The molecule has 2 aromatic rings. The van der Waals surface area contributed by atoms with Crippen molar-refractivity contribution in [2.24, 2.45) is 0 Å². The summed E-state index contributed by atoms with van der Waals surface area (Å²) < 4.78 is 13.9. The highest BCUT2D eigenvalue weighted by Gasteiger charge is 2.33.